The molecular formula is C15H12F4O. The van der Waals surface area contributed by atoms with E-state index in [1.807, 2.05) is 12.2 Å². The summed E-state index contributed by atoms with van der Waals surface area (Å²) < 4.78 is 60.9. The van der Waals surface area contributed by atoms with Gasteiger partial charge in [0.2, 0.25) is 0 Å². The van der Waals surface area contributed by atoms with Crippen molar-refractivity contribution in [3.63, 3.8) is 0 Å². The molecule has 2 heterocycles. The van der Waals surface area contributed by atoms with Crippen molar-refractivity contribution in [2.24, 2.45) is 11.8 Å². The third kappa shape index (κ3) is 1.18. The summed E-state index contributed by atoms with van der Waals surface area (Å²) in [6.45, 7) is 1.65. The maximum absolute atomic E-state index is 14.1. The van der Waals surface area contributed by atoms with Crippen LogP contribution in [0.25, 0.3) is 0 Å². The third-order valence-corrected chi connectivity index (χ3v) is 5.03. The fourth-order valence-corrected chi connectivity index (χ4v) is 4.16. The van der Waals surface area contributed by atoms with E-state index in [1.165, 1.54) is 0 Å². The largest absolute Gasteiger partial charge is 0.362 e. The standard InChI is InChI=1S/C15H12F4O/c1-15-7-5-3-2-4-6(7)14(20-15)8-9(15)11(17)13(19)12(18)10(8)16/h2-3,6-7,14H,4-5H2,1H3/t6-,7+,14+,15-/m0/s1. The van der Waals surface area contributed by atoms with Crippen LogP contribution < -0.4 is 0 Å². The van der Waals surface area contributed by atoms with Crippen LogP contribution in [-0.2, 0) is 10.3 Å². The van der Waals surface area contributed by atoms with Gasteiger partial charge in [-0.2, -0.15) is 0 Å². The van der Waals surface area contributed by atoms with Crippen LogP contribution >= 0.6 is 0 Å². The molecule has 0 amide bonds. The van der Waals surface area contributed by atoms with Gasteiger partial charge in [-0.15, -0.1) is 0 Å². The Hall–Kier alpha value is -1.36. The molecule has 1 aromatic carbocycles. The van der Waals surface area contributed by atoms with Crippen LogP contribution in [0.5, 0.6) is 0 Å². The molecule has 0 aromatic heterocycles. The Bertz CT molecular complexity index is 654. The summed E-state index contributed by atoms with van der Waals surface area (Å²) in [4.78, 5) is 0. The Morgan fingerprint density at radius 3 is 2.40 bits per heavy atom. The van der Waals surface area contributed by atoms with E-state index < -0.39 is 35.0 Å². The Morgan fingerprint density at radius 2 is 1.65 bits per heavy atom. The molecule has 1 aliphatic carbocycles. The molecule has 0 saturated carbocycles. The second kappa shape index (κ2) is 3.64. The molecule has 1 nitrogen and oxygen atoms in total. The summed E-state index contributed by atoms with van der Waals surface area (Å²) in [6, 6.07) is 0. The number of fused-ring (bicyclic) bond motifs is 8. The van der Waals surface area contributed by atoms with E-state index in [9.17, 15) is 17.6 Å². The van der Waals surface area contributed by atoms with Gasteiger partial charge in [0.1, 0.15) is 0 Å². The first-order valence-electron chi connectivity index (χ1n) is 6.66. The summed E-state index contributed by atoms with van der Waals surface area (Å²) in [5, 5.41) is 0. The maximum Gasteiger partial charge on any atom is 0.197 e. The Balaban J connectivity index is 2.02. The van der Waals surface area contributed by atoms with Crippen molar-refractivity contribution in [2.75, 3.05) is 0 Å². The third-order valence-electron chi connectivity index (χ3n) is 5.03. The molecule has 1 saturated heterocycles. The van der Waals surface area contributed by atoms with Crippen LogP contribution in [0.1, 0.15) is 37.0 Å². The minimum Gasteiger partial charge on any atom is -0.362 e. The SMILES string of the molecule is C[C@@]12O[C@@H](c3c(F)c(F)c(F)c(F)c31)[C@H]1CC=CC[C@H]12. The summed E-state index contributed by atoms with van der Waals surface area (Å²) in [7, 11) is 0. The van der Waals surface area contributed by atoms with Gasteiger partial charge in [-0.1, -0.05) is 12.2 Å². The van der Waals surface area contributed by atoms with Gasteiger partial charge < -0.3 is 4.74 Å². The number of benzene rings is 1. The monoisotopic (exact) mass is 284 g/mol. The predicted molar refractivity (Wildman–Crippen MR) is 62.8 cm³/mol. The van der Waals surface area contributed by atoms with E-state index >= 15 is 0 Å². The first-order valence-corrected chi connectivity index (χ1v) is 6.66. The molecular weight excluding hydrogens is 272 g/mol. The molecule has 1 aromatic rings. The molecule has 0 unspecified atom stereocenters. The minimum absolute atomic E-state index is 0.00346. The normalized spacial score (nSPS) is 37.1. The van der Waals surface area contributed by atoms with E-state index in [0.29, 0.717) is 12.8 Å². The zero-order valence-electron chi connectivity index (χ0n) is 10.7. The van der Waals surface area contributed by atoms with Crippen LogP contribution in [0.2, 0.25) is 0 Å². The van der Waals surface area contributed by atoms with Gasteiger partial charge in [0, 0.05) is 17.0 Å². The van der Waals surface area contributed by atoms with Crippen molar-refractivity contribution in [2.45, 2.75) is 31.5 Å². The summed E-state index contributed by atoms with van der Waals surface area (Å²) >= 11 is 0. The second-order valence-electron chi connectivity index (χ2n) is 5.90. The molecule has 2 aliphatic heterocycles. The van der Waals surface area contributed by atoms with Crippen molar-refractivity contribution in [1.82, 2.24) is 0 Å². The fourth-order valence-electron chi connectivity index (χ4n) is 4.16. The molecule has 20 heavy (non-hydrogen) atoms. The first kappa shape index (κ1) is 12.4. The van der Waals surface area contributed by atoms with Gasteiger partial charge in [0.25, 0.3) is 0 Å². The number of allylic oxidation sites excluding steroid dienone is 2. The van der Waals surface area contributed by atoms with E-state index in [4.69, 9.17) is 4.74 Å². The number of ether oxygens (including phenoxy) is 1. The van der Waals surface area contributed by atoms with Crippen LogP contribution in [0.15, 0.2) is 12.2 Å². The van der Waals surface area contributed by atoms with Crippen molar-refractivity contribution >= 4 is 0 Å². The van der Waals surface area contributed by atoms with Gasteiger partial charge in [-0.3, -0.25) is 0 Å². The highest BCUT2D eigenvalue weighted by Crippen LogP contribution is 2.64. The van der Waals surface area contributed by atoms with Crippen LogP contribution in [-0.4, -0.2) is 0 Å². The minimum atomic E-state index is -1.75. The van der Waals surface area contributed by atoms with Crippen LogP contribution in [0, 0.1) is 35.1 Å². The number of rotatable bonds is 0. The summed E-state index contributed by atoms with van der Waals surface area (Å²) in [5.74, 6) is -6.14. The first-order chi connectivity index (χ1) is 9.47. The van der Waals surface area contributed by atoms with Crippen LogP contribution in [0.4, 0.5) is 17.6 Å². The summed E-state index contributed by atoms with van der Waals surface area (Å²) in [5.41, 5.74) is -1.33. The van der Waals surface area contributed by atoms with E-state index in [1.54, 1.807) is 6.92 Å². The Kier molecular flexibility index (Phi) is 2.25. The zero-order chi connectivity index (χ0) is 14.2. The van der Waals surface area contributed by atoms with Crippen molar-refractivity contribution in [3.8, 4) is 0 Å². The Morgan fingerprint density at radius 1 is 1.00 bits per heavy atom. The average Bonchev–Trinajstić information content (AvgIpc) is 2.92. The van der Waals surface area contributed by atoms with E-state index in [-0.39, 0.29) is 23.0 Å². The highest BCUT2D eigenvalue weighted by molar-refractivity contribution is 5.46. The van der Waals surface area contributed by atoms with Crippen LogP contribution in [0.3, 0.4) is 0 Å². The smallest absolute Gasteiger partial charge is 0.197 e. The molecule has 0 N–H and O–H groups in total. The molecule has 0 radical (unpaired) electrons. The number of halogens is 4. The molecule has 5 heteroatoms. The van der Waals surface area contributed by atoms with Crippen molar-refractivity contribution in [1.29, 1.82) is 0 Å². The topological polar surface area (TPSA) is 9.23 Å². The highest BCUT2D eigenvalue weighted by Gasteiger charge is 2.62. The predicted octanol–water partition coefficient (Wildman–Crippen LogP) is 4.13. The molecule has 2 bridgehead atoms. The fraction of sp³-hybridized carbons (Fsp3) is 0.467. The second-order valence-corrected chi connectivity index (χ2v) is 5.90. The highest BCUT2D eigenvalue weighted by atomic mass is 19.2. The maximum atomic E-state index is 14.1. The lowest BCUT2D eigenvalue weighted by atomic mass is 9.65. The molecule has 4 rings (SSSR count). The lowest BCUT2D eigenvalue weighted by Crippen LogP contribution is -2.36. The number of hydrogen-bond donors (Lipinski definition) is 0. The van der Waals surface area contributed by atoms with Gasteiger partial charge in [-0.25, -0.2) is 17.6 Å². The molecule has 106 valence electrons. The molecule has 4 atom stereocenters. The molecule has 0 spiro atoms. The van der Waals surface area contributed by atoms with E-state index in [0.717, 1.165) is 0 Å². The summed E-state index contributed by atoms with van der Waals surface area (Å²) in [6.07, 6.45) is 4.63. The molecule has 3 aliphatic rings. The van der Waals surface area contributed by atoms with Crippen molar-refractivity contribution < 1.29 is 22.3 Å². The quantitative estimate of drug-likeness (QED) is 0.301. The van der Waals surface area contributed by atoms with Gasteiger partial charge >= 0.3 is 0 Å². The van der Waals surface area contributed by atoms with E-state index in [2.05, 4.69) is 0 Å². The number of hydrogen-bond acceptors (Lipinski definition) is 1. The Labute approximate surface area is 113 Å². The zero-order valence-corrected chi connectivity index (χ0v) is 10.7. The van der Waals surface area contributed by atoms with Crippen molar-refractivity contribution in [3.05, 3.63) is 46.5 Å². The lowest BCUT2D eigenvalue weighted by Gasteiger charge is -2.36. The van der Waals surface area contributed by atoms with Gasteiger partial charge in [-0.05, 0) is 25.7 Å². The van der Waals surface area contributed by atoms with Gasteiger partial charge in [0.05, 0.1) is 11.7 Å². The average molecular weight is 284 g/mol. The van der Waals surface area contributed by atoms with Gasteiger partial charge in [0.15, 0.2) is 23.3 Å². The molecule has 1 fully saturated rings. The lowest BCUT2D eigenvalue weighted by molar-refractivity contribution is -0.0288.